The van der Waals surface area contributed by atoms with Gasteiger partial charge in [-0.15, -0.1) is 0 Å². The van der Waals surface area contributed by atoms with Gasteiger partial charge >= 0.3 is 5.97 Å². The lowest BCUT2D eigenvalue weighted by atomic mass is 10.2. The average molecular weight is 339 g/mol. The van der Waals surface area contributed by atoms with Crippen LogP contribution in [0.3, 0.4) is 0 Å². The maximum Gasteiger partial charge on any atom is 0.359 e. The van der Waals surface area contributed by atoms with Crippen LogP contribution >= 0.6 is 0 Å². The van der Waals surface area contributed by atoms with Crippen LogP contribution in [0.5, 0.6) is 0 Å². The van der Waals surface area contributed by atoms with E-state index >= 15 is 0 Å². The molecular formula is C15H12F3N3O3. The molecule has 0 saturated carbocycles. The molecule has 0 bridgehead atoms. The number of halogens is 3. The number of nitrogens with zero attached hydrogens (tertiary/aromatic N) is 2. The van der Waals surface area contributed by atoms with Gasteiger partial charge in [0.05, 0.1) is 17.6 Å². The monoisotopic (exact) mass is 339 g/mol. The van der Waals surface area contributed by atoms with Gasteiger partial charge in [-0.25, -0.2) is 22.9 Å². The number of aromatic nitrogens is 2. The van der Waals surface area contributed by atoms with Crippen molar-refractivity contribution in [2.24, 2.45) is 0 Å². The zero-order chi connectivity index (χ0) is 17.9. The molecule has 1 atom stereocenters. The Labute approximate surface area is 134 Å². The van der Waals surface area contributed by atoms with Crippen molar-refractivity contribution in [1.29, 1.82) is 0 Å². The number of carbonyl (C=O) groups is 2. The maximum atomic E-state index is 13.5. The quantitative estimate of drug-likeness (QED) is 0.683. The van der Waals surface area contributed by atoms with E-state index in [9.17, 15) is 22.8 Å². The molecule has 0 aliphatic carbocycles. The van der Waals surface area contributed by atoms with Crippen LogP contribution in [0.1, 0.15) is 23.1 Å². The second kappa shape index (κ2) is 7.07. The van der Waals surface area contributed by atoms with Crippen molar-refractivity contribution in [3.63, 3.8) is 0 Å². The maximum absolute atomic E-state index is 13.5. The first-order valence-electron chi connectivity index (χ1n) is 6.73. The smallest absolute Gasteiger partial charge is 0.359 e. The van der Waals surface area contributed by atoms with E-state index in [4.69, 9.17) is 4.74 Å². The summed E-state index contributed by atoms with van der Waals surface area (Å²) in [6, 6.07) is 1.51. The first-order valence-corrected chi connectivity index (χ1v) is 6.73. The SMILES string of the molecule is Cc1cnc(C(=O)OC(C)C(=O)Nc2ccc(F)c(F)c2F)cn1. The molecule has 0 aliphatic rings. The van der Waals surface area contributed by atoms with E-state index in [1.54, 1.807) is 6.92 Å². The summed E-state index contributed by atoms with van der Waals surface area (Å²) in [5.41, 5.74) is -0.0951. The molecule has 0 spiro atoms. The fraction of sp³-hybridized carbons (Fsp3) is 0.200. The lowest BCUT2D eigenvalue weighted by Crippen LogP contribution is -2.30. The van der Waals surface area contributed by atoms with Crippen molar-refractivity contribution in [3.8, 4) is 0 Å². The van der Waals surface area contributed by atoms with Gasteiger partial charge in [-0.2, -0.15) is 0 Å². The number of aryl methyl sites for hydroxylation is 1. The van der Waals surface area contributed by atoms with Crippen molar-refractivity contribution in [2.45, 2.75) is 20.0 Å². The molecule has 0 aliphatic heterocycles. The van der Waals surface area contributed by atoms with Crippen molar-refractivity contribution in [2.75, 3.05) is 5.32 Å². The van der Waals surface area contributed by atoms with Gasteiger partial charge < -0.3 is 10.1 Å². The van der Waals surface area contributed by atoms with Gasteiger partial charge in [0.2, 0.25) is 0 Å². The minimum absolute atomic E-state index is 0.112. The molecule has 1 N–H and O–H groups in total. The molecule has 1 amide bonds. The standard InChI is InChI=1S/C15H12F3N3O3/c1-7-5-20-11(6-19-7)15(23)24-8(2)14(22)21-10-4-3-9(16)12(17)13(10)18/h3-6,8H,1-2H3,(H,21,22). The van der Waals surface area contributed by atoms with Gasteiger partial charge in [0.15, 0.2) is 29.2 Å². The first kappa shape index (κ1) is 17.4. The van der Waals surface area contributed by atoms with E-state index in [1.807, 2.05) is 5.32 Å². The van der Waals surface area contributed by atoms with Gasteiger partial charge in [-0.3, -0.25) is 9.78 Å². The fourth-order valence-corrected chi connectivity index (χ4v) is 1.63. The molecule has 24 heavy (non-hydrogen) atoms. The zero-order valence-electron chi connectivity index (χ0n) is 12.6. The molecule has 1 aromatic heterocycles. The Bertz CT molecular complexity index is 782. The molecule has 0 radical (unpaired) electrons. The summed E-state index contributed by atoms with van der Waals surface area (Å²) in [6.45, 7) is 2.90. The summed E-state index contributed by atoms with van der Waals surface area (Å²) in [5.74, 6) is -6.48. The van der Waals surface area contributed by atoms with Gasteiger partial charge in [-0.05, 0) is 26.0 Å². The minimum Gasteiger partial charge on any atom is -0.448 e. The van der Waals surface area contributed by atoms with Gasteiger partial charge in [0.1, 0.15) is 0 Å². The summed E-state index contributed by atoms with van der Waals surface area (Å²) in [7, 11) is 0. The Morgan fingerprint density at radius 1 is 1.12 bits per heavy atom. The number of nitrogens with one attached hydrogen (secondary N) is 1. The third-order valence-electron chi connectivity index (χ3n) is 2.94. The summed E-state index contributed by atoms with van der Waals surface area (Å²) >= 11 is 0. The molecule has 2 aromatic rings. The molecule has 2 rings (SSSR count). The number of carbonyl (C=O) groups excluding carboxylic acids is 2. The highest BCUT2D eigenvalue weighted by Crippen LogP contribution is 2.20. The predicted molar refractivity (Wildman–Crippen MR) is 76.6 cm³/mol. The number of ether oxygens (including phenoxy) is 1. The molecular weight excluding hydrogens is 327 g/mol. The Balaban J connectivity index is 2.03. The third-order valence-corrected chi connectivity index (χ3v) is 2.94. The largest absolute Gasteiger partial charge is 0.448 e. The van der Waals surface area contributed by atoms with Crippen molar-refractivity contribution >= 4 is 17.6 Å². The highest BCUT2D eigenvalue weighted by Gasteiger charge is 2.22. The van der Waals surface area contributed by atoms with Crippen molar-refractivity contribution < 1.29 is 27.5 Å². The van der Waals surface area contributed by atoms with Crippen LogP contribution in [0.15, 0.2) is 24.5 Å². The summed E-state index contributed by atoms with van der Waals surface area (Å²) in [6.07, 6.45) is 1.20. The van der Waals surface area contributed by atoms with Crippen LogP contribution in [0.25, 0.3) is 0 Å². The van der Waals surface area contributed by atoms with Gasteiger partial charge in [-0.1, -0.05) is 0 Å². The molecule has 1 heterocycles. The topological polar surface area (TPSA) is 81.2 Å². The summed E-state index contributed by atoms with van der Waals surface area (Å²) in [5, 5.41) is 2.01. The minimum atomic E-state index is -1.72. The normalized spacial score (nSPS) is 11.7. The van der Waals surface area contributed by atoms with E-state index in [1.165, 1.54) is 19.3 Å². The first-order chi connectivity index (χ1) is 11.3. The number of amides is 1. The lowest BCUT2D eigenvalue weighted by Gasteiger charge is -2.13. The van der Waals surface area contributed by atoms with Gasteiger partial charge in [0, 0.05) is 6.20 Å². The molecule has 9 heteroatoms. The van der Waals surface area contributed by atoms with E-state index in [0.717, 1.165) is 6.07 Å². The Morgan fingerprint density at radius 3 is 2.46 bits per heavy atom. The second-order valence-corrected chi connectivity index (χ2v) is 4.80. The van der Waals surface area contributed by atoms with E-state index < -0.39 is 41.1 Å². The predicted octanol–water partition coefficient (Wildman–Crippen LogP) is 2.39. The highest BCUT2D eigenvalue weighted by molar-refractivity contribution is 5.96. The van der Waals surface area contributed by atoms with Gasteiger partial charge in [0.25, 0.3) is 5.91 Å². The summed E-state index contributed by atoms with van der Waals surface area (Å²) in [4.78, 5) is 31.3. The highest BCUT2D eigenvalue weighted by atomic mass is 19.2. The number of benzene rings is 1. The third kappa shape index (κ3) is 3.86. The van der Waals surface area contributed by atoms with Crippen LogP contribution in [0.4, 0.5) is 18.9 Å². The Hall–Kier alpha value is -2.97. The molecule has 0 saturated heterocycles. The Kier molecular flexibility index (Phi) is 5.12. The molecule has 6 nitrogen and oxygen atoms in total. The average Bonchev–Trinajstić information content (AvgIpc) is 2.55. The zero-order valence-corrected chi connectivity index (χ0v) is 12.6. The van der Waals surface area contributed by atoms with E-state index in [0.29, 0.717) is 11.8 Å². The number of rotatable bonds is 4. The van der Waals surface area contributed by atoms with Crippen LogP contribution in [0.2, 0.25) is 0 Å². The molecule has 126 valence electrons. The number of hydrogen-bond acceptors (Lipinski definition) is 5. The van der Waals surface area contributed by atoms with Crippen LogP contribution < -0.4 is 5.32 Å². The molecule has 1 unspecified atom stereocenters. The molecule has 1 aromatic carbocycles. The number of hydrogen-bond donors (Lipinski definition) is 1. The summed E-state index contributed by atoms with van der Waals surface area (Å²) < 4.78 is 44.3. The number of esters is 1. The fourth-order valence-electron chi connectivity index (χ4n) is 1.63. The molecule has 0 fully saturated rings. The Morgan fingerprint density at radius 2 is 1.83 bits per heavy atom. The lowest BCUT2D eigenvalue weighted by molar-refractivity contribution is -0.123. The second-order valence-electron chi connectivity index (χ2n) is 4.80. The number of anilines is 1. The van der Waals surface area contributed by atoms with E-state index in [-0.39, 0.29) is 5.69 Å². The van der Waals surface area contributed by atoms with Crippen molar-refractivity contribution in [1.82, 2.24) is 9.97 Å². The van der Waals surface area contributed by atoms with Crippen molar-refractivity contribution in [3.05, 3.63) is 53.4 Å². The van der Waals surface area contributed by atoms with Crippen LogP contribution in [-0.2, 0) is 9.53 Å². The van der Waals surface area contributed by atoms with Crippen LogP contribution in [-0.4, -0.2) is 27.9 Å². The van der Waals surface area contributed by atoms with Crippen LogP contribution in [0, 0.1) is 24.4 Å². The van der Waals surface area contributed by atoms with E-state index in [2.05, 4.69) is 9.97 Å².